The number of carbonyl (C=O) groups excluding carboxylic acids is 2. The zero-order chi connectivity index (χ0) is 18.1. The number of pyridine rings is 1. The van der Waals surface area contributed by atoms with Gasteiger partial charge < -0.3 is 19.5 Å². The molecule has 1 N–H and O–H groups in total. The molecular formula is C18H20N4O4. The van der Waals surface area contributed by atoms with E-state index in [9.17, 15) is 9.59 Å². The van der Waals surface area contributed by atoms with Crippen LogP contribution < -0.4 is 10.1 Å². The molecule has 0 bridgehead atoms. The average molecular weight is 356 g/mol. The van der Waals surface area contributed by atoms with Gasteiger partial charge in [-0.1, -0.05) is 5.16 Å². The molecule has 2 saturated heterocycles. The summed E-state index contributed by atoms with van der Waals surface area (Å²) in [5, 5.41) is 6.70. The fourth-order valence-corrected chi connectivity index (χ4v) is 3.81. The van der Waals surface area contributed by atoms with Crippen molar-refractivity contribution in [1.29, 1.82) is 0 Å². The Bertz CT molecular complexity index is 822. The van der Waals surface area contributed by atoms with Crippen LogP contribution in [-0.4, -0.2) is 53.1 Å². The number of hydrogen-bond acceptors (Lipinski definition) is 6. The molecular weight excluding hydrogens is 336 g/mol. The Morgan fingerprint density at radius 3 is 3.15 bits per heavy atom. The third-order valence-corrected chi connectivity index (χ3v) is 5.40. The first-order chi connectivity index (χ1) is 12.6. The molecule has 2 aromatic heterocycles. The molecule has 0 radical (unpaired) electrons. The topological polar surface area (TPSA) is 97.6 Å². The summed E-state index contributed by atoms with van der Waals surface area (Å²) in [4.78, 5) is 31.1. The maximum Gasteiger partial charge on any atom is 0.259 e. The van der Waals surface area contributed by atoms with Crippen molar-refractivity contribution < 1.29 is 18.8 Å². The van der Waals surface area contributed by atoms with Crippen LogP contribution in [0.3, 0.4) is 0 Å². The van der Waals surface area contributed by atoms with Crippen LogP contribution in [0.4, 0.5) is 0 Å². The van der Waals surface area contributed by atoms with Gasteiger partial charge in [-0.2, -0.15) is 0 Å². The van der Waals surface area contributed by atoms with E-state index in [1.807, 2.05) is 6.07 Å². The zero-order valence-corrected chi connectivity index (χ0v) is 14.5. The molecule has 4 heterocycles. The second-order valence-electron chi connectivity index (χ2n) is 6.85. The van der Waals surface area contributed by atoms with Crippen molar-refractivity contribution in [3.8, 4) is 5.75 Å². The highest BCUT2D eigenvalue weighted by atomic mass is 16.5. The number of hydrogen-bond donors (Lipinski definition) is 1. The highest BCUT2D eigenvalue weighted by Gasteiger charge is 2.55. The molecule has 2 fully saturated rings. The fraction of sp³-hybridized carbons (Fsp3) is 0.444. The van der Waals surface area contributed by atoms with Crippen LogP contribution in [-0.2, 0) is 4.79 Å². The van der Waals surface area contributed by atoms with Crippen molar-refractivity contribution >= 4 is 11.8 Å². The number of likely N-dealkylation sites (tertiary alicyclic amines) is 1. The number of ether oxygens (including phenoxy) is 1. The Balaban J connectivity index is 1.48. The highest BCUT2D eigenvalue weighted by molar-refractivity contribution is 5.96. The zero-order valence-electron chi connectivity index (χ0n) is 14.5. The Morgan fingerprint density at radius 1 is 1.54 bits per heavy atom. The maximum atomic E-state index is 12.7. The minimum absolute atomic E-state index is 0.00317. The third-order valence-electron chi connectivity index (χ3n) is 5.40. The number of carbonyl (C=O) groups is 2. The maximum absolute atomic E-state index is 12.7. The second-order valence-corrected chi connectivity index (χ2v) is 6.85. The number of aryl methyl sites for hydroxylation is 1. The van der Waals surface area contributed by atoms with E-state index >= 15 is 0 Å². The molecule has 26 heavy (non-hydrogen) atoms. The number of rotatable bonds is 4. The first kappa shape index (κ1) is 16.6. The van der Waals surface area contributed by atoms with Gasteiger partial charge in [0.25, 0.3) is 5.91 Å². The van der Waals surface area contributed by atoms with Crippen molar-refractivity contribution in [3.63, 3.8) is 0 Å². The summed E-state index contributed by atoms with van der Waals surface area (Å²) in [6.07, 6.45) is 5.31. The summed E-state index contributed by atoms with van der Waals surface area (Å²) in [6.45, 7) is 3.59. The molecule has 2 amide bonds. The minimum Gasteiger partial charge on any atom is -0.492 e. The lowest BCUT2D eigenvalue weighted by Crippen LogP contribution is -2.41. The largest absolute Gasteiger partial charge is 0.492 e. The second kappa shape index (κ2) is 6.44. The number of aromatic nitrogens is 2. The van der Waals surface area contributed by atoms with E-state index in [4.69, 9.17) is 9.26 Å². The van der Waals surface area contributed by atoms with Crippen LogP contribution in [0.1, 0.15) is 22.5 Å². The van der Waals surface area contributed by atoms with Gasteiger partial charge in [-0.25, -0.2) is 0 Å². The van der Waals surface area contributed by atoms with Crippen LogP contribution in [0.2, 0.25) is 0 Å². The van der Waals surface area contributed by atoms with Gasteiger partial charge in [0, 0.05) is 31.7 Å². The molecule has 2 aromatic rings. The van der Waals surface area contributed by atoms with Crippen LogP contribution in [0.25, 0.3) is 0 Å². The van der Waals surface area contributed by atoms with Gasteiger partial charge >= 0.3 is 0 Å². The van der Waals surface area contributed by atoms with Crippen molar-refractivity contribution in [2.45, 2.75) is 13.3 Å². The summed E-state index contributed by atoms with van der Waals surface area (Å²) < 4.78 is 10.7. The molecule has 2 aliphatic rings. The van der Waals surface area contributed by atoms with Gasteiger partial charge in [0.15, 0.2) is 0 Å². The molecule has 1 spiro atoms. The first-order valence-corrected chi connectivity index (χ1v) is 8.61. The van der Waals surface area contributed by atoms with E-state index in [1.165, 1.54) is 6.26 Å². The average Bonchev–Trinajstić information content (AvgIpc) is 3.36. The van der Waals surface area contributed by atoms with E-state index in [2.05, 4.69) is 15.5 Å². The summed E-state index contributed by atoms with van der Waals surface area (Å²) >= 11 is 0. The van der Waals surface area contributed by atoms with Crippen LogP contribution in [0, 0.1) is 18.3 Å². The van der Waals surface area contributed by atoms with Gasteiger partial charge in [0.2, 0.25) is 5.91 Å². The van der Waals surface area contributed by atoms with Crippen molar-refractivity contribution in [3.05, 3.63) is 42.0 Å². The third kappa shape index (κ3) is 2.71. The summed E-state index contributed by atoms with van der Waals surface area (Å²) in [6, 6.07) is 3.64. The van der Waals surface area contributed by atoms with Gasteiger partial charge in [-0.15, -0.1) is 0 Å². The molecule has 2 atom stereocenters. The standard InChI is InChI=1S/C18H20N4O4/c1-12-15(10-26-21-12)16(23)22-6-4-18(11-22)13(7-20-17(18)24)9-25-14-3-2-5-19-8-14/h2-3,5,8,10,13H,4,6-7,9,11H2,1H3,(H,20,24)/t13-,18+/m0/s1. The molecule has 2 aliphatic heterocycles. The van der Waals surface area contributed by atoms with Crippen molar-refractivity contribution in [1.82, 2.24) is 20.4 Å². The molecule has 4 rings (SSSR count). The predicted molar refractivity (Wildman–Crippen MR) is 90.4 cm³/mol. The van der Waals surface area contributed by atoms with Gasteiger partial charge in [0.05, 0.1) is 23.9 Å². The van der Waals surface area contributed by atoms with Crippen molar-refractivity contribution in [2.24, 2.45) is 11.3 Å². The molecule has 0 saturated carbocycles. The molecule has 8 heteroatoms. The Morgan fingerprint density at radius 2 is 2.42 bits per heavy atom. The molecule has 0 aliphatic carbocycles. The normalized spacial score (nSPS) is 24.9. The molecule has 0 unspecified atom stereocenters. The number of nitrogens with one attached hydrogen (secondary N) is 1. The minimum atomic E-state index is -0.608. The molecule has 0 aromatic carbocycles. The molecule has 136 valence electrons. The Hall–Kier alpha value is -2.90. The fourth-order valence-electron chi connectivity index (χ4n) is 3.81. The lowest BCUT2D eigenvalue weighted by Gasteiger charge is -2.28. The summed E-state index contributed by atoms with van der Waals surface area (Å²) in [7, 11) is 0. The van der Waals surface area contributed by atoms with Gasteiger partial charge in [0.1, 0.15) is 17.6 Å². The predicted octanol–water partition coefficient (Wildman–Crippen LogP) is 1.04. The van der Waals surface area contributed by atoms with E-state index in [0.717, 1.165) is 0 Å². The summed E-state index contributed by atoms with van der Waals surface area (Å²) in [5.74, 6) is 0.520. The van der Waals surface area contributed by atoms with Gasteiger partial charge in [-0.05, 0) is 25.5 Å². The number of nitrogens with zero attached hydrogens (tertiary/aromatic N) is 3. The molecule has 8 nitrogen and oxygen atoms in total. The monoisotopic (exact) mass is 356 g/mol. The quantitative estimate of drug-likeness (QED) is 0.879. The van der Waals surface area contributed by atoms with Gasteiger partial charge in [-0.3, -0.25) is 14.6 Å². The van der Waals surface area contributed by atoms with E-state index in [-0.39, 0.29) is 17.7 Å². The smallest absolute Gasteiger partial charge is 0.259 e. The first-order valence-electron chi connectivity index (χ1n) is 8.61. The highest BCUT2D eigenvalue weighted by Crippen LogP contribution is 2.42. The van der Waals surface area contributed by atoms with E-state index in [1.54, 1.807) is 30.3 Å². The van der Waals surface area contributed by atoms with Crippen molar-refractivity contribution in [2.75, 3.05) is 26.2 Å². The van der Waals surface area contributed by atoms with Crippen LogP contribution >= 0.6 is 0 Å². The summed E-state index contributed by atoms with van der Waals surface area (Å²) in [5.41, 5.74) is 0.398. The number of amides is 2. The van der Waals surface area contributed by atoms with Crippen LogP contribution in [0.15, 0.2) is 35.3 Å². The lowest BCUT2D eigenvalue weighted by molar-refractivity contribution is -0.128. The van der Waals surface area contributed by atoms with E-state index in [0.29, 0.717) is 49.7 Å². The Labute approximate surface area is 150 Å². The SMILES string of the molecule is Cc1nocc1C(=O)N1CC[C@]2(C1)C(=O)NC[C@H]2COc1cccnc1. The van der Waals surface area contributed by atoms with Crippen LogP contribution in [0.5, 0.6) is 5.75 Å². The lowest BCUT2D eigenvalue weighted by atomic mass is 9.77. The Kier molecular flexibility index (Phi) is 4.10. The van der Waals surface area contributed by atoms with E-state index < -0.39 is 5.41 Å².